The second kappa shape index (κ2) is 5.97. The van der Waals surface area contributed by atoms with E-state index in [-0.39, 0.29) is 0 Å². The van der Waals surface area contributed by atoms with Gasteiger partial charge in [-0.2, -0.15) is 0 Å². The lowest BCUT2D eigenvalue weighted by Crippen LogP contribution is -2.34. The highest BCUT2D eigenvalue weighted by molar-refractivity contribution is 7.71. The predicted octanol–water partition coefficient (Wildman–Crippen LogP) is 0.497. The van der Waals surface area contributed by atoms with Crippen LogP contribution in [0.25, 0.3) is 0 Å². The lowest BCUT2D eigenvalue weighted by atomic mass is 10.3. The molecule has 0 bridgehead atoms. The van der Waals surface area contributed by atoms with Gasteiger partial charge in [0, 0.05) is 13.0 Å². The zero-order valence-corrected chi connectivity index (χ0v) is 10.5. The Morgan fingerprint density at radius 1 is 1.47 bits per heavy atom. The van der Waals surface area contributed by atoms with Gasteiger partial charge in [-0.05, 0) is 30.4 Å². The van der Waals surface area contributed by atoms with Crippen LogP contribution in [-0.4, -0.2) is 39.5 Å². The van der Waals surface area contributed by atoms with Crippen LogP contribution in [-0.2, 0) is 13.6 Å². The maximum absolute atomic E-state index is 5.09. The van der Waals surface area contributed by atoms with Crippen LogP contribution in [0.4, 0.5) is 0 Å². The quantitative estimate of drug-likeness (QED) is 0.571. The largest absolute Gasteiger partial charge is 0.347 e. The Bertz CT molecular complexity index is 339. The highest BCUT2D eigenvalue weighted by Crippen LogP contribution is 1.93. The smallest absolute Gasteiger partial charge is 0.304 e. The molecule has 1 aromatic heterocycles. The molecule has 0 spiro atoms. The summed E-state index contributed by atoms with van der Waals surface area (Å²) in [6.45, 7) is 8.61. The third-order valence-electron chi connectivity index (χ3n) is 2.48. The number of nitrogens with zero attached hydrogens (tertiary/aromatic N) is 4. The molecule has 0 amide bonds. The number of aromatic amines is 1. The summed E-state index contributed by atoms with van der Waals surface area (Å²) in [6, 6.07) is 0. The standard InChI is InChI=1S/C9H19N5S/c1-4-13(5-2)7-6-8-14-9(15)10-12(3)11-14/h4-8H2,1-3H3/p+1. The fourth-order valence-electron chi connectivity index (χ4n) is 1.56. The van der Waals surface area contributed by atoms with Crippen LogP contribution in [0, 0.1) is 4.77 Å². The minimum atomic E-state index is 0.622. The van der Waals surface area contributed by atoms with E-state index in [1.807, 2.05) is 11.7 Å². The molecule has 1 rings (SSSR count). The number of hydrogen-bond acceptors (Lipinski definition) is 3. The molecule has 0 unspecified atom stereocenters. The Kier molecular flexibility index (Phi) is 4.90. The lowest BCUT2D eigenvalue weighted by Gasteiger charge is -2.16. The number of aryl methyl sites for hydroxylation is 2. The van der Waals surface area contributed by atoms with E-state index in [0.29, 0.717) is 4.77 Å². The summed E-state index contributed by atoms with van der Waals surface area (Å²) in [4.78, 5) is 4.04. The highest BCUT2D eigenvalue weighted by atomic mass is 32.1. The van der Waals surface area contributed by atoms with Gasteiger partial charge in [-0.3, -0.25) is 0 Å². The maximum atomic E-state index is 5.09. The van der Waals surface area contributed by atoms with E-state index in [1.54, 1.807) is 4.80 Å². The number of tetrazole rings is 1. The zero-order chi connectivity index (χ0) is 11.3. The monoisotopic (exact) mass is 230 g/mol. The van der Waals surface area contributed by atoms with Crippen LogP contribution < -0.4 is 4.80 Å². The molecule has 0 aliphatic rings. The third-order valence-corrected chi connectivity index (χ3v) is 2.78. The summed E-state index contributed by atoms with van der Waals surface area (Å²) in [5, 5.41) is 7.13. The maximum Gasteiger partial charge on any atom is 0.347 e. The van der Waals surface area contributed by atoms with Gasteiger partial charge in [0.05, 0.1) is 0 Å². The fraction of sp³-hybridized carbons (Fsp3) is 0.889. The molecule has 0 aliphatic carbocycles. The van der Waals surface area contributed by atoms with Crippen molar-refractivity contribution >= 4 is 12.2 Å². The van der Waals surface area contributed by atoms with Crippen molar-refractivity contribution in [2.75, 3.05) is 19.6 Å². The first-order valence-corrected chi connectivity index (χ1v) is 5.83. The molecule has 0 radical (unpaired) electrons. The Labute approximate surface area is 95.7 Å². The van der Waals surface area contributed by atoms with E-state index < -0.39 is 0 Å². The number of nitrogens with one attached hydrogen (secondary N) is 1. The molecule has 6 heteroatoms. The molecule has 1 heterocycles. The predicted molar refractivity (Wildman–Crippen MR) is 61.0 cm³/mol. The van der Waals surface area contributed by atoms with Gasteiger partial charge in [-0.1, -0.05) is 23.9 Å². The number of aromatic nitrogens is 4. The highest BCUT2D eigenvalue weighted by Gasteiger charge is 2.06. The van der Waals surface area contributed by atoms with Gasteiger partial charge >= 0.3 is 4.77 Å². The second-order valence-corrected chi connectivity index (χ2v) is 3.90. The number of hydrogen-bond donors (Lipinski definition) is 1. The molecule has 0 aliphatic heterocycles. The summed E-state index contributed by atoms with van der Waals surface area (Å²) in [6.07, 6.45) is 1.10. The van der Waals surface area contributed by atoms with E-state index in [9.17, 15) is 0 Å². The Morgan fingerprint density at radius 2 is 2.13 bits per heavy atom. The van der Waals surface area contributed by atoms with E-state index in [0.717, 1.165) is 32.6 Å². The van der Waals surface area contributed by atoms with Gasteiger partial charge in [0.25, 0.3) is 0 Å². The summed E-state index contributed by atoms with van der Waals surface area (Å²) in [5.41, 5.74) is 0. The van der Waals surface area contributed by atoms with Gasteiger partial charge in [-0.15, -0.1) is 4.68 Å². The molecule has 15 heavy (non-hydrogen) atoms. The molecule has 86 valence electrons. The molecule has 0 aromatic carbocycles. The SMILES string of the molecule is CCN(CC)CCCn1[nH][n+](C)nc1=S. The first kappa shape index (κ1) is 12.3. The van der Waals surface area contributed by atoms with Crippen molar-refractivity contribution < 1.29 is 4.80 Å². The molecular formula is C9H20N5S+. The normalized spacial score (nSPS) is 11.2. The van der Waals surface area contributed by atoms with Crippen molar-refractivity contribution in [3.63, 3.8) is 0 Å². The van der Waals surface area contributed by atoms with Crippen LogP contribution in [0.2, 0.25) is 0 Å². The molecular weight excluding hydrogens is 210 g/mol. The van der Waals surface area contributed by atoms with E-state index in [2.05, 4.69) is 29.1 Å². The summed E-state index contributed by atoms with van der Waals surface area (Å²) >= 11 is 5.09. The number of H-pyrrole nitrogens is 1. The van der Waals surface area contributed by atoms with Crippen LogP contribution in [0.3, 0.4) is 0 Å². The average molecular weight is 230 g/mol. The van der Waals surface area contributed by atoms with Crippen LogP contribution >= 0.6 is 12.2 Å². The minimum Gasteiger partial charge on any atom is -0.304 e. The Hall–Kier alpha value is -0.750. The molecule has 1 N–H and O–H groups in total. The molecule has 0 saturated heterocycles. The van der Waals surface area contributed by atoms with Gasteiger partial charge in [-0.25, -0.2) is 0 Å². The van der Waals surface area contributed by atoms with Gasteiger partial charge in [0.15, 0.2) is 0 Å². The Morgan fingerprint density at radius 3 is 2.60 bits per heavy atom. The summed E-state index contributed by atoms with van der Waals surface area (Å²) in [7, 11) is 1.84. The summed E-state index contributed by atoms with van der Waals surface area (Å²) < 4.78 is 2.52. The van der Waals surface area contributed by atoms with Crippen molar-refractivity contribution in [2.24, 2.45) is 7.05 Å². The van der Waals surface area contributed by atoms with Crippen LogP contribution in [0.5, 0.6) is 0 Å². The second-order valence-electron chi connectivity index (χ2n) is 3.54. The van der Waals surface area contributed by atoms with Crippen molar-refractivity contribution in [1.82, 2.24) is 19.9 Å². The topological polar surface area (TPSA) is 40.7 Å². The van der Waals surface area contributed by atoms with Crippen molar-refractivity contribution in [1.29, 1.82) is 0 Å². The zero-order valence-electron chi connectivity index (χ0n) is 9.73. The molecule has 5 nitrogen and oxygen atoms in total. The molecule has 1 aromatic rings. The average Bonchev–Trinajstić information content (AvgIpc) is 2.52. The van der Waals surface area contributed by atoms with Crippen molar-refractivity contribution in [2.45, 2.75) is 26.8 Å². The van der Waals surface area contributed by atoms with Gasteiger partial charge in [0.1, 0.15) is 13.6 Å². The van der Waals surface area contributed by atoms with Crippen molar-refractivity contribution in [3.05, 3.63) is 4.77 Å². The molecule has 0 atom stereocenters. The van der Waals surface area contributed by atoms with Crippen LogP contribution in [0.1, 0.15) is 20.3 Å². The third kappa shape index (κ3) is 3.71. The first-order valence-electron chi connectivity index (χ1n) is 5.42. The first-order chi connectivity index (χ1) is 7.17. The summed E-state index contributed by atoms with van der Waals surface area (Å²) in [5.74, 6) is 0. The Balaban J connectivity index is 2.37. The van der Waals surface area contributed by atoms with Crippen LogP contribution in [0.15, 0.2) is 0 Å². The lowest BCUT2D eigenvalue weighted by molar-refractivity contribution is -0.785. The molecule has 0 fully saturated rings. The number of rotatable bonds is 6. The van der Waals surface area contributed by atoms with E-state index in [4.69, 9.17) is 12.2 Å². The van der Waals surface area contributed by atoms with Gasteiger partial charge < -0.3 is 4.90 Å². The molecule has 0 saturated carbocycles. The van der Waals surface area contributed by atoms with E-state index in [1.165, 1.54) is 0 Å². The minimum absolute atomic E-state index is 0.622. The fourth-order valence-corrected chi connectivity index (χ4v) is 1.81. The van der Waals surface area contributed by atoms with Gasteiger partial charge in [0.2, 0.25) is 0 Å². The van der Waals surface area contributed by atoms with E-state index >= 15 is 0 Å². The van der Waals surface area contributed by atoms with Crippen molar-refractivity contribution in [3.8, 4) is 0 Å².